The van der Waals surface area contributed by atoms with E-state index in [1.54, 1.807) is 6.26 Å². The summed E-state index contributed by atoms with van der Waals surface area (Å²) in [6.45, 7) is 4.30. The molecule has 2 atom stereocenters. The molecule has 0 aliphatic carbocycles. The highest BCUT2D eigenvalue weighted by atomic mass is 16.5. The molecule has 8 heavy (non-hydrogen) atoms. The molecule has 1 heteroatoms. The van der Waals surface area contributed by atoms with Gasteiger partial charge in [-0.2, -0.15) is 0 Å². The van der Waals surface area contributed by atoms with Crippen molar-refractivity contribution in [2.45, 2.75) is 26.4 Å². The van der Waals surface area contributed by atoms with Crippen LogP contribution in [0.5, 0.6) is 0 Å². The zero-order chi connectivity index (χ0) is 5.98. The van der Waals surface area contributed by atoms with Crippen molar-refractivity contribution >= 4 is 0 Å². The first kappa shape index (κ1) is 5.67. The van der Waals surface area contributed by atoms with Crippen LogP contribution in [-0.2, 0) is 4.74 Å². The predicted molar refractivity (Wildman–Crippen MR) is 33.5 cm³/mol. The molecule has 0 saturated carbocycles. The van der Waals surface area contributed by atoms with Crippen LogP contribution >= 0.6 is 0 Å². The number of rotatable bonds is 0. The largest absolute Gasteiger partial charge is 0.499 e. The Kier molecular flexibility index (Phi) is 1.56. The highest BCUT2D eigenvalue weighted by Crippen LogP contribution is 2.15. The van der Waals surface area contributed by atoms with E-state index < -0.39 is 0 Å². The van der Waals surface area contributed by atoms with Gasteiger partial charge in [0.25, 0.3) is 0 Å². The monoisotopic (exact) mass is 112 g/mol. The lowest BCUT2D eigenvalue weighted by atomic mass is 10.0. The highest BCUT2D eigenvalue weighted by molar-refractivity contribution is 4.86. The number of hydrogen-bond donors (Lipinski definition) is 0. The molecule has 0 bridgehead atoms. The SMILES string of the molecule is CC1C=COC(C)C1. The Balaban J connectivity index is 2.42. The molecule has 0 radical (unpaired) electrons. The summed E-state index contributed by atoms with van der Waals surface area (Å²) in [6.07, 6.45) is 5.49. The van der Waals surface area contributed by atoms with Crippen LogP contribution in [0.1, 0.15) is 20.3 Å². The van der Waals surface area contributed by atoms with Gasteiger partial charge in [0.05, 0.1) is 12.4 Å². The Morgan fingerprint density at radius 2 is 2.25 bits per heavy atom. The predicted octanol–water partition coefficient (Wildman–Crippen LogP) is 1.95. The van der Waals surface area contributed by atoms with Gasteiger partial charge in [-0.3, -0.25) is 0 Å². The lowest BCUT2D eigenvalue weighted by Crippen LogP contribution is -2.12. The second kappa shape index (κ2) is 2.21. The van der Waals surface area contributed by atoms with Gasteiger partial charge in [0.1, 0.15) is 0 Å². The molecule has 1 rings (SSSR count). The van der Waals surface area contributed by atoms with Crippen molar-refractivity contribution in [2.24, 2.45) is 5.92 Å². The molecule has 1 aliphatic rings. The third-order valence-corrected chi connectivity index (χ3v) is 1.42. The first-order chi connectivity index (χ1) is 3.79. The van der Waals surface area contributed by atoms with Crippen molar-refractivity contribution in [1.82, 2.24) is 0 Å². The average molecular weight is 112 g/mol. The van der Waals surface area contributed by atoms with E-state index in [0.29, 0.717) is 12.0 Å². The molecule has 0 saturated heterocycles. The summed E-state index contributed by atoms with van der Waals surface area (Å²) in [7, 11) is 0. The van der Waals surface area contributed by atoms with Gasteiger partial charge >= 0.3 is 0 Å². The van der Waals surface area contributed by atoms with E-state index in [4.69, 9.17) is 4.74 Å². The molecule has 1 heterocycles. The molecule has 0 N–H and O–H groups in total. The molecular formula is C7H12O. The third kappa shape index (κ3) is 1.25. The minimum atomic E-state index is 0.426. The summed E-state index contributed by atoms with van der Waals surface area (Å²) >= 11 is 0. The van der Waals surface area contributed by atoms with Gasteiger partial charge in [0.15, 0.2) is 0 Å². The van der Waals surface area contributed by atoms with Crippen LogP contribution in [0.2, 0.25) is 0 Å². The van der Waals surface area contributed by atoms with E-state index in [2.05, 4.69) is 19.9 Å². The highest BCUT2D eigenvalue weighted by Gasteiger charge is 2.09. The van der Waals surface area contributed by atoms with Gasteiger partial charge in [-0.25, -0.2) is 0 Å². The molecule has 0 aromatic rings. The van der Waals surface area contributed by atoms with Crippen LogP contribution in [0.15, 0.2) is 12.3 Å². The van der Waals surface area contributed by atoms with Gasteiger partial charge in [0, 0.05) is 0 Å². The van der Waals surface area contributed by atoms with Crippen molar-refractivity contribution in [2.75, 3.05) is 0 Å². The summed E-state index contributed by atoms with van der Waals surface area (Å²) < 4.78 is 5.17. The molecule has 46 valence electrons. The fourth-order valence-corrected chi connectivity index (χ4v) is 0.971. The Labute approximate surface area is 50.3 Å². The van der Waals surface area contributed by atoms with Crippen LogP contribution < -0.4 is 0 Å². The van der Waals surface area contributed by atoms with E-state index >= 15 is 0 Å². The molecule has 0 amide bonds. The van der Waals surface area contributed by atoms with Crippen LogP contribution in [-0.4, -0.2) is 6.10 Å². The van der Waals surface area contributed by atoms with Crippen molar-refractivity contribution in [3.8, 4) is 0 Å². The van der Waals surface area contributed by atoms with E-state index in [0.717, 1.165) is 6.42 Å². The summed E-state index contributed by atoms with van der Waals surface area (Å²) in [5, 5.41) is 0. The van der Waals surface area contributed by atoms with Gasteiger partial charge in [0.2, 0.25) is 0 Å². The molecule has 0 spiro atoms. The fourth-order valence-electron chi connectivity index (χ4n) is 0.971. The van der Waals surface area contributed by atoms with Gasteiger partial charge in [-0.1, -0.05) is 6.92 Å². The zero-order valence-electron chi connectivity index (χ0n) is 5.42. The van der Waals surface area contributed by atoms with Crippen molar-refractivity contribution in [3.63, 3.8) is 0 Å². The van der Waals surface area contributed by atoms with Gasteiger partial charge in [-0.05, 0) is 25.3 Å². The summed E-state index contributed by atoms with van der Waals surface area (Å²) in [5.74, 6) is 0.707. The van der Waals surface area contributed by atoms with Gasteiger partial charge in [-0.15, -0.1) is 0 Å². The Bertz CT molecular complexity index is 96.6. The number of allylic oxidation sites excluding steroid dienone is 1. The lowest BCUT2D eigenvalue weighted by Gasteiger charge is -2.18. The first-order valence-corrected chi connectivity index (χ1v) is 3.11. The molecule has 0 aromatic carbocycles. The van der Waals surface area contributed by atoms with Crippen molar-refractivity contribution in [1.29, 1.82) is 0 Å². The topological polar surface area (TPSA) is 9.23 Å². The van der Waals surface area contributed by atoms with Crippen LogP contribution in [0.25, 0.3) is 0 Å². The van der Waals surface area contributed by atoms with Gasteiger partial charge < -0.3 is 4.74 Å². The minimum Gasteiger partial charge on any atom is -0.499 e. The first-order valence-electron chi connectivity index (χ1n) is 3.11. The summed E-state index contributed by atoms with van der Waals surface area (Å²) in [5.41, 5.74) is 0. The van der Waals surface area contributed by atoms with Crippen LogP contribution in [0.3, 0.4) is 0 Å². The molecule has 0 aromatic heterocycles. The fraction of sp³-hybridized carbons (Fsp3) is 0.714. The van der Waals surface area contributed by atoms with E-state index in [1.807, 2.05) is 0 Å². The standard InChI is InChI=1S/C7H12O/c1-6-3-4-8-7(2)5-6/h3-4,6-7H,5H2,1-2H3. The maximum atomic E-state index is 5.17. The third-order valence-electron chi connectivity index (χ3n) is 1.42. The van der Waals surface area contributed by atoms with Crippen molar-refractivity contribution < 1.29 is 4.74 Å². The normalized spacial score (nSPS) is 36.8. The summed E-state index contributed by atoms with van der Waals surface area (Å²) in [6, 6.07) is 0. The molecular weight excluding hydrogens is 100 g/mol. The number of hydrogen-bond acceptors (Lipinski definition) is 1. The van der Waals surface area contributed by atoms with Crippen LogP contribution in [0.4, 0.5) is 0 Å². The maximum absolute atomic E-state index is 5.17. The quantitative estimate of drug-likeness (QED) is 0.465. The zero-order valence-corrected chi connectivity index (χ0v) is 5.42. The van der Waals surface area contributed by atoms with Crippen LogP contribution in [0, 0.1) is 5.92 Å². The second-order valence-electron chi connectivity index (χ2n) is 2.49. The van der Waals surface area contributed by atoms with Crippen molar-refractivity contribution in [3.05, 3.63) is 12.3 Å². The van der Waals surface area contributed by atoms with E-state index in [1.165, 1.54) is 0 Å². The summed E-state index contributed by atoms with van der Waals surface area (Å²) in [4.78, 5) is 0. The second-order valence-corrected chi connectivity index (χ2v) is 2.49. The number of ether oxygens (including phenoxy) is 1. The molecule has 2 unspecified atom stereocenters. The minimum absolute atomic E-state index is 0.426. The van der Waals surface area contributed by atoms with E-state index in [-0.39, 0.29) is 0 Å². The average Bonchev–Trinajstić information content (AvgIpc) is 1.64. The Hall–Kier alpha value is -0.460. The Morgan fingerprint density at radius 1 is 1.50 bits per heavy atom. The maximum Gasteiger partial charge on any atom is 0.0955 e. The molecule has 1 nitrogen and oxygen atoms in total. The smallest absolute Gasteiger partial charge is 0.0955 e. The van der Waals surface area contributed by atoms with E-state index in [9.17, 15) is 0 Å². The molecule has 1 aliphatic heterocycles. The Morgan fingerprint density at radius 3 is 2.62 bits per heavy atom. The molecule has 0 fully saturated rings. The lowest BCUT2D eigenvalue weighted by molar-refractivity contribution is 0.125.